The molecule has 332 valence electrons. The maximum Gasteiger partial charge on any atom is 0.258 e. The van der Waals surface area contributed by atoms with E-state index in [9.17, 15) is 24.3 Å². The summed E-state index contributed by atoms with van der Waals surface area (Å²) in [6.07, 6.45) is 8.15. The van der Waals surface area contributed by atoms with Crippen LogP contribution in [0, 0.1) is 0 Å². The van der Waals surface area contributed by atoms with E-state index < -0.39 is 6.23 Å². The zero-order valence-electron chi connectivity index (χ0n) is 35.7. The van der Waals surface area contributed by atoms with E-state index in [1.807, 2.05) is 30.2 Å². The van der Waals surface area contributed by atoms with Gasteiger partial charge in [-0.3, -0.25) is 24.1 Å². The van der Waals surface area contributed by atoms with Gasteiger partial charge in [-0.15, -0.1) is 0 Å². The number of fused-ring (bicyclic) bond motifs is 1. The number of nitrogens with zero attached hydrogens (tertiary/aromatic N) is 7. The van der Waals surface area contributed by atoms with Crippen molar-refractivity contribution in [1.29, 1.82) is 0 Å². The summed E-state index contributed by atoms with van der Waals surface area (Å²) >= 11 is 0. The molecule has 1 saturated carbocycles. The Hall–Kier alpha value is -6.34. The van der Waals surface area contributed by atoms with E-state index in [0.29, 0.717) is 78.7 Å². The fraction of sp³-hybridized carbons (Fsp3) is 0.422. The van der Waals surface area contributed by atoms with Crippen molar-refractivity contribution in [2.45, 2.75) is 58.2 Å². The molecule has 3 aromatic heterocycles. The average molecular weight is 862 g/mol. The molecule has 18 nitrogen and oxygen atoms in total. The van der Waals surface area contributed by atoms with Gasteiger partial charge in [-0.2, -0.15) is 4.98 Å². The summed E-state index contributed by atoms with van der Waals surface area (Å²) in [6.45, 7) is 8.03. The maximum absolute atomic E-state index is 12.7. The van der Waals surface area contributed by atoms with Crippen LogP contribution in [0.1, 0.15) is 61.9 Å². The van der Waals surface area contributed by atoms with Gasteiger partial charge < -0.3 is 45.6 Å². The molecule has 1 aliphatic carbocycles. The van der Waals surface area contributed by atoms with Crippen molar-refractivity contribution in [3.05, 3.63) is 89.9 Å². The number of ether oxygens (including phenoxy) is 2. The molecule has 0 bridgehead atoms. The number of hydrogen-bond donors (Lipinski definition) is 5. The van der Waals surface area contributed by atoms with Crippen LogP contribution in [0.25, 0.3) is 5.57 Å². The quantitative estimate of drug-likeness (QED) is 0.0843. The third-order valence-corrected chi connectivity index (χ3v) is 11.3. The zero-order chi connectivity index (χ0) is 44.1. The highest BCUT2D eigenvalue weighted by molar-refractivity contribution is 6.09. The van der Waals surface area contributed by atoms with Crippen molar-refractivity contribution in [1.82, 2.24) is 30.2 Å². The van der Waals surface area contributed by atoms with Crippen molar-refractivity contribution in [2.75, 3.05) is 91.4 Å². The molecule has 5 N–H and O–H groups in total. The fourth-order valence-corrected chi connectivity index (χ4v) is 8.05. The molecule has 1 atom stereocenters. The van der Waals surface area contributed by atoms with Crippen LogP contribution in [-0.4, -0.2) is 131 Å². The van der Waals surface area contributed by atoms with Gasteiger partial charge in [-0.05, 0) is 68.7 Å². The number of amides is 3. The van der Waals surface area contributed by atoms with Crippen LogP contribution in [0.4, 0.5) is 34.8 Å². The van der Waals surface area contributed by atoms with Gasteiger partial charge in [0.1, 0.15) is 17.5 Å². The predicted molar refractivity (Wildman–Crippen MR) is 239 cm³/mol. The normalized spacial score (nSPS) is 16.7. The van der Waals surface area contributed by atoms with E-state index in [1.54, 1.807) is 54.9 Å². The number of carbonyl (C=O) groups excluding carboxylic acids is 4. The smallest absolute Gasteiger partial charge is 0.258 e. The topological polar surface area (TPSA) is 216 Å². The lowest BCUT2D eigenvalue weighted by Gasteiger charge is -2.40. The molecular weight excluding hydrogens is 807 g/mol. The zero-order valence-corrected chi connectivity index (χ0v) is 35.7. The lowest BCUT2D eigenvalue weighted by molar-refractivity contribution is -0.122. The summed E-state index contributed by atoms with van der Waals surface area (Å²) in [6, 6.07) is 15.9. The van der Waals surface area contributed by atoms with E-state index in [-0.39, 0.29) is 42.6 Å². The highest BCUT2D eigenvalue weighted by Crippen LogP contribution is 2.41. The molecule has 3 amide bonds. The molecular formula is C45H55N11O7. The Morgan fingerprint density at radius 3 is 2.30 bits per heavy atom. The minimum atomic E-state index is -1.05. The maximum atomic E-state index is 12.7. The second-order valence-corrected chi connectivity index (χ2v) is 15.6. The second-order valence-electron chi connectivity index (χ2n) is 15.6. The molecule has 63 heavy (non-hydrogen) atoms. The number of aliphatic hydroxyl groups is 1. The molecule has 4 aromatic rings. The summed E-state index contributed by atoms with van der Waals surface area (Å²) in [5, 5.41) is 22.9. The Morgan fingerprint density at radius 2 is 1.57 bits per heavy atom. The summed E-state index contributed by atoms with van der Waals surface area (Å²) in [5.41, 5.74) is 3.53. The number of carbonyl (C=O) groups is 4. The first-order valence-electron chi connectivity index (χ1n) is 21.4. The monoisotopic (exact) mass is 861 g/mol. The summed E-state index contributed by atoms with van der Waals surface area (Å²) in [4.78, 5) is 74.7. The van der Waals surface area contributed by atoms with Gasteiger partial charge in [0.05, 0.1) is 62.5 Å². The van der Waals surface area contributed by atoms with Crippen LogP contribution in [0.5, 0.6) is 0 Å². The Kier molecular flexibility index (Phi) is 15.4. The van der Waals surface area contributed by atoms with Gasteiger partial charge in [0.15, 0.2) is 12.0 Å². The van der Waals surface area contributed by atoms with Crippen molar-refractivity contribution in [3.8, 4) is 0 Å². The first kappa shape index (κ1) is 44.7. The van der Waals surface area contributed by atoms with Gasteiger partial charge in [0, 0.05) is 62.3 Å². The summed E-state index contributed by atoms with van der Waals surface area (Å²) in [7, 11) is 0. The standard InChI is InChI=1S/C45H55N11O7/c1-30-35-28-49-45(53-42(35)56(32-9-3-4-10-32)44(61)41(30)31(2)57)52-38-15-14-33(27-48-38)55-21-19-54(20-22-55)29-40(59)47-18-24-63-26-25-62-23-16-39(58)50-36-12-6-5-11-34(36)43(60)51-37-13-7-8-17-46-37/h5-8,11-15,17,27-28,32,44,61H,3-4,9-10,16,18-26,29H2,1-2H3,(H,47,59)(H,50,58)(H,46,51,60)(H,48,49,52,53). The highest BCUT2D eigenvalue weighted by Gasteiger charge is 2.39. The number of pyridine rings is 2. The molecule has 5 heterocycles. The summed E-state index contributed by atoms with van der Waals surface area (Å²) in [5.74, 6) is 1.08. The van der Waals surface area contributed by atoms with Crippen LogP contribution in [-0.2, 0) is 23.9 Å². The Bertz CT molecular complexity index is 2250. The van der Waals surface area contributed by atoms with E-state index >= 15 is 0 Å². The third kappa shape index (κ3) is 11.8. The minimum Gasteiger partial charge on any atom is -0.379 e. The van der Waals surface area contributed by atoms with Crippen LogP contribution in [0.3, 0.4) is 0 Å². The molecule has 7 rings (SSSR count). The lowest BCUT2D eigenvalue weighted by Crippen LogP contribution is -2.49. The van der Waals surface area contributed by atoms with Gasteiger partial charge in [0.25, 0.3) is 5.91 Å². The van der Waals surface area contributed by atoms with E-state index in [0.717, 1.165) is 63.1 Å². The largest absolute Gasteiger partial charge is 0.379 e. The number of Topliss-reactive ketones (excluding diaryl/α,β-unsaturated/α-hetero) is 1. The molecule has 1 unspecified atom stereocenters. The first-order valence-corrected chi connectivity index (χ1v) is 21.4. The molecule has 0 spiro atoms. The number of rotatable bonds is 19. The SMILES string of the molecule is CC(=O)C1=C(C)c2cnc(Nc3ccc(N4CCN(CC(=O)NCCOCCOCCC(=O)Nc5ccccc5C(=O)Nc5ccccn5)CC4)cn3)nc2N(C2CCCC2)C1O. The van der Waals surface area contributed by atoms with Crippen molar-refractivity contribution in [2.24, 2.45) is 0 Å². The van der Waals surface area contributed by atoms with Crippen molar-refractivity contribution >= 4 is 63.9 Å². The van der Waals surface area contributed by atoms with Crippen LogP contribution in [0.15, 0.2) is 78.8 Å². The number of anilines is 6. The third-order valence-electron chi connectivity index (χ3n) is 11.3. The number of benzene rings is 1. The van der Waals surface area contributed by atoms with Crippen LogP contribution >= 0.6 is 0 Å². The molecule has 18 heteroatoms. The Balaban J connectivity index is 0.758. The fourth-order valence-electron chi connectivity index (χ4n) is 8.05. The Morgan fingerprint density at radius 1 is 0.810 bits per heavy atom. The number of para-hydroxylation sites is 1. The summed E-state index contributed by atoms with van der Waals surface area (Å²) < 4.78 is 11.1. The van der Waals surface area contributed by atoms with Gasteiger partial charge in [-0.25, -0.2) is 15.0 Å². The molecule has 2 fully saturated rings. The van der Waals surface area contributed by atoms with Crippen molar-refractivity contribution < 1.29 is 33.8 Å². The molecule has 1 aromatic carbocycles. The number of piperazine rings is 1. The lowest BCUT2D eigenvalue weighted by atomic mass is 9.93. The first-order chi connectivity index (χ1) is 30.6. The van der Waals surface area contributed by atoms with Gasteiger partial charge >= 0.3 is 0 Å². The highest BCUT2D eigenvalue weighted by atomic mass is 16.5. The number of aliphatic hydroxyl groups excluding tert-OH is 1. The van der Waals surface area contributed by atoms with E-state index in [4.69, 9.17) is 14.5 Å². The van der Waals surface area contributed by atoms with Crippen molar-refractivity contribution in [3.63, 3.8) is 0 Å². The van der Waals surface area contributed by atoms with E-state index in [2.05, 4.69) is 46.0 Å². The average Bonchev–Trinajstić information content (AvgIpc) is 3.81. The molecule has 2 aliphatic heterocycles. The number of allylic oxidation sites excluding steroid dienone is 1. The minimum absolute atomic E-state index is 0.0714. The molecule has 0 radical (unpaired) electrons. The van der Waals surface area contributed by atoms with Crippen LogP contribution < -0.4 is 31.1 Å². The van der Waals surface area contributed by atoms with Gasteiger partial charge in [-0.1, -0.05) is 31.0 Å². The molecule has 1 saturated heterocycles. The molecule has 3 aliphatic rings. The van der Waals surface area contributed by atoms with Crippen LogP contribution in [0.2, 0.25) is 0 Å². The number of aromatic nitrogens is 4. The predicted octanol–water partition coefficient (Wildman–Crippen LogP) is 4.01. The number of nitrogens with one attached hydrogen (secondary N) is 4. The second kappa shape index (κ2) is 21.6. The number of hydrogen-bond acceptors (Lipinski definition) is 15. The van der Waals surface area contributed by atoms with E-state index in [1.165, 1.54) is 6.92 Å². The number of ketones is 1. The Labute approximate surface area is 366 Å². The van der Waals surface area contributed by atoms with Gasteiger partial charge in [0.2, 0.25) is 17.8 Å².